The molecule has 1 nitrogen and oxygen atoms in total. The molecule has 0 saturated carbocycles. The van der Waals surface area contributed by atoms with Crippen molar-refractivity contribution in [2.75, 3.05) is 4.90 Å². The molecular weight excluding hydrogens is 747 g/mol. The van der Waals surface area contributed by atoms with Crippen LogP contribution in [0.1, 0.15) is 126 Å². The minimum absolute atomic E-state index is 0.108. The summed E-state index contributed by atoms with van der Waals surface area (Å²) in [6.45, 7) is 23.6. The lowest BCUT2D eigenvalue weighted by Crippen LogP contribution is -2.19. The van der Waals surface area contributed by atoms with Crippen molar-refractivity contribution in [1.82, 2.24) is 0 Å². The minimum atomic E-state index is -0.210. The third-order valence-corrected chi connectivity index (χ3v) is 15.5. The first-order valence-electron chi connectivity index (χ1n) is 22.8. The van der Waals surface area contributed by atoms with Crippen LogP contribution in [0.3, 0.4) is 0 Å². The highest BCUT2D eigenvalue weighted by atomic mass is 15.1. The maximum atomic E-state index is 2.57. The Balaban J connectivity index is 1.08. The van der Waals surface area contributed by atoms with Gasteiger partial charge in [0.05, 0.1) is 0 Å². The molecular formula is C61H57N. The number of nitrogens with zero attached hydrogens (tertiary/aromatic N) is 1. The monoisotopic (exact) mass is 803 g/mol. The average molecular weight is 804 g/mol. The Hall–Kier alpha value is -6.18. The summed E-state index contributed by atoms with van der Waals surface area (Å²) in [7, 11) is 0. The van der Waals surface area contributed by atoms with E-state index in [1.807, 2.05) is 0 Å². The minimum Gasteiger partial charge on any atom is -0.310 e. The highest BCUT2D eigenvalue weighted by Crippen LogP contribution is 2.59. The van der Waals surface area contributed by atoms with Gasteiger partial charge in [-0.1, -0.05) is 165 Å². The van der Waals surface area contributed by atoms with E-state index in [4.69, 9.17) is 0 Å². The van der Waals surface area contributed by atoms with Crippen LogP contribution in [0.4, 0.5) is 17.1 Å². The van der Waals surface area contributed by atoms with Gasteiger partial charge in [-0.25, -0.2) is 0 Å². The van der Waals surface area contributed by atoms with Crippen LogP contribution in [0.2, 0.25) is 0 Å². The van der Waals surface area contributed by atoms with Crippen molar-refractivity contribution in [3.05, 3.63) is 202 Å². The number of benzene rings is 7. The van der Waals surface area contributed by atoms with Crippen LogP contribution in [0.5, 0.6) is 0 Å². The molecule has 306 valence electrons. The topological polar surface area (TPSA) is 3.24 Å². The Morgan fingerprint density at radius 1 is 0.419 bits per heavy atom. The molecule has 0 aromatic heterocycles. The number of rotatable bonds is 6. The van der Waals surface area contributed by atoms with Gasteiger partial charge < -0.3 is 4.90 Å². The van der Waals surface area contributed by atoms with Crippen molar-refractivity contribution in [1.29, 1.82) is 0 Å². The molecule has 0 saturated heterocycles. The summed E-state index contributed by atoms with van der Waals surface area (Å²) >= 11 is 0. The Labute approximate surface area is 369 Å². The van der Waals surface area contributed by atoms with Crippen LogP contribution in [-0.4, -0.2) is 0 Å². The summed E-state index contributed by atoms with van der Waals surface area (Å²) in [6.07, 6.45) is 7.88. The van der Waals surface area contributed by atoms with E-state index in [0.717, 1.165) is 6.42 Å². The van der Waals surface area contributed by atoms with Gasteiger partial charge in [0.25, 0.3) is 0 Å². The number of hydrogen-bond donors (Lipinski definition) is 0. The molecule has 4 aliphatic rings. The van der Waals surface area contributed by atoms with E-state index >= 15 is 0 Å². The lowest BCUT2D eigenvalue weighted by molar-refractivity contribution is 0.652. The van der Waals surface area contributed by atoms with Crippen LogP contribution in [-0.2, 0) is 21.7 Å². The van der Waals surface area contributed by atoms with Crippen molar-refractivity contribution in [2.24, 2.45) is 0 Å². The number of fused-ring (bicyclic) bond motifs is 12. The van der Waals surface area contributed by atoms with E-state index in [-0.39, 0.29) is 21.7 Å². The molecule has 0 atom stereocenters. The highest BCUT2D eigenvalue weighted by molar-refractivity contribution is 5.97. The number of anilines is 3. The van der Waals surface area contributed by atoms with E-state index in [1.165, 1.54) is 117 Å². The van der Waals surface area contributed by atoms with Crippen LogP contribution in [0.15, 0.2) is 152 Å². The molecule has 0 N–H and O–H groups in total. The van der Waals surface area contributed by atoms with Crippen molar-refractivity contribution in [2.45, 2.75) is 97.3 Å². The van der Waals surface area contributed by atoms with Gasteiger partial charge in [0.15, 0.2) is 0 Å². The molecule has 11 rings (SSSR count). The maximum absolute atomic E-state index is 2.57. The first-order chi connectivity index (χ1) is 29.7. The van der Waals surface area contributed by atoms with Crippen LogP contribution in [0.25, 0.3) is 50.1 Å². The van der Waals surface area contributed by atoms with Gasteiger partial charge in [-0.05, 0) is 162 Å². The maximum Gasteiger partial charge on any atom is 0.0465 e. The Morgan fingerprint density at radius 3 is 1.34 bits per heavy atom. The van der Waals surface area contributed by atoms with E-state index in [2.05, 4.69) is 226 Å². The second-order valence-electron chi connectivity index (χ2n) is 20.3. The van der Waals surface area contributed by atoms with Crippen LogP contribution < -0.4 is 4.90 Å². The molecule has 0 spiro atoms. The van der Waals surface area contributed by atoms with E-state index < -0.39 is 0 Å². The standard InChI is InChI=1S/C61H57N/c1-11-13-19-37(12-2)41-22-18-25-51-57(41)48-36-55-47(35-56(48)60(51,7)8)46-31-28-40(34-54(46)61(55,9)10)62(38-26-29-44-42-20-14-16-23-49(42)58(3,4)52(44)32-38)39-27-30-45-43-21-15-17-24-50(43)59(5,6)53(45)33-39/h12-36H,11H2,1-10H3/b19-13-,37-12+. The summed E-state index contributed by atoms with van der Waals surface area (Å²) < 4.78 is 0. The Morgan fingerprint density at radius 2 is 0.823 bits per heavy atom. The molecule has 7 aromatic rings. The lowest BCUT2D eigenvalue weighted by atomic mass is 9.79. The average Bonchev–Trinajstić information content (AvgIpc) is 3.83. The fourth-order valence-corrected chi connectivity index (χ4v) is 12.1. The molecule has 0 heterocycles. The van der Waals surface area contributed by atoms with Gasteiger partial charge in [-0.3, -0.25) is 0 Å². The molecule has 0 bridgehead atoms. The third kappa shape index (κ3) is 5.15. The second-order valence-corrected chi connectivity index (χ2v) is 20.3. The smallest absolute Gasteiger partial charge is 0.0465 e. The summed E-state index contributed by atoms with van der Waals surface area (Å²) in [4.78, 5) is 2.53. The van der Waals surface area contributed by atoms with Crippen LogP contribution >= 0.6 is 0 Å². The van der Waals surface area contributed by atoms with E-state index in [0.29, 0.717) is 0 Å². The molecule has 62 heavy (non-hydrogen) atoms. The molecule has 0 fully saturated rings. The number of allylic oxidation sites excluding steroid dienone is 4. The third-order valence-electron chi connectivity index (χ3n) is 15.5. The van der Waals surface area contributed by atoms with Gasteiger partial charge in [-0.15, -0.1) is 0 Å². The first kappa shape index (κ1) is 38.7. The fourth-order valence-electron chi connectivity index (χ4n) is 12.1. The van der Waals surface area contributed by atoms with Crippen LogP contribution in [0, 0.1) is 0 Å². The largest absolute Gasteiger partial charge is 0.310 e. The lowest BCUT2D eigenvalue weighted by Gasteiger charge is -2.31. The zero-order valence-corrected chi connectivity index (χ0v) is 38.1. The summed E-state index contributed by atoms with van der Waals surface area (Å²) in [5.74, 6) is 0. The van der Waals surface area contributed by atoms with Gasteiger partial charge in [-0.2, -0.15) is 0 Å². The summed E-state index contributed by atoms with van der Waals surface area (Å²) in [6, 6.07) is 51.7. The molecule has 0 amide bonds. The van der Waals surface area contributed by atoms with Gasteiger partial charge in [0, 0.05) is 38.7 Å². The zero-order valence-electron chi connectivity index (χ0n) is 38.1. The zero-order chi connectivity index (χ0) is 43.1. The van der Waals surface area contributed by atoms with E-state index in [9.17, 15) is 0 Å². The molecule has 0 unspecified atom stereocenters. The van der Waals surface area contributed by atoms with Crippen molar-refractivity contribution < 1.29 is 0 Å². The quantitative estimate of drug-likeness (QED) is 0.151. The summed E-state index contributed by atoms with van der Waals surface area (Å²) in [5.41, 5.74) is 27.7. The first-order valence-corrected chi connectivity index (χ1v) is 22.8. The molecule has 4 aliphatic carbocycles. The van der Waals surface area contributed by atoms with Gasteiger partial charge in [0.2, 0.25) is 0 Å². The Bertz CT molecular complexity index is 3010. The molecule has 1 heteroatoms. The predicted molar refractivity (Wildman–Crippen MR) is 264 cm³/mol. The number of hydrogen-bond acceptors (Lipinski definition) is 1. The van der Waals surface area contributed by atoms with Crippen molar-refractivity contribution >= 4 is 22.6 Å². The highest BCUT2D eigenvalue weighted by Gasteiger charge is 2.43. The van der Waals surface area contributed by atoms with E-state index in [1.54, 1.807) is 0 Å². The molecule has 0 radical (unpaired) electrons. The normalized spacial score (nSPS) is 17.2. The second kappa shape index (κ2) is 13.2. The molecule has 0 aliphatic heterocycles. The SMILES string of the molecule is C/C=C(\C=C/CC)c1cccc2c1-c1cc3c(cc1C2(C)C)-c1ccc(N(c2ccc4c(c2)C(C)(C)c2ccccc2-4)c2ccc4c(c2)C(C)(C)c2ccccc2-4)cc1C3(C)C. The fraction of sp³-hybridized carbons (Fsp3) is 0.246. The van der Waals surface area contributed by atoms with Crippen molar-refractivity contribution in [3.63, 3.8) is 0 Å². The molecule has 7 aromatic carbocycles. The summed E-state index contributed by atoms with van der Waals surface area (Å²) in [5, 5.41) is 0. The predicted octanol–water partition coefficient (Wildman–Crippen LogP) is 16.8. The van der Waals surface area contributed by atoms with Gasteiger partial charge >= 0.3 is 0 Å². The Kier molecular flexibility index (Phi) is 8.22. The van der Waals surface area contributed by atoms with Crippen molar-refractivity contribution in [3.8, 4) is 44.5 Å². The van der Waals surface area contributed by atoms with Gasteiger partial charge in [0.1, 0.15) is 0 Å².